The molecule has 0 bridgehead atoms. The molecule has 0 N–H and O–H groups in total. The summed E-state index contributed by atoms with van der Waals surface area (Å²) >= 11 is 0. The van der Waals surface area contributed by atoms with E-state index < -0.39 is 0 Å². The van der Waals surface area contributed by atoms with Crippen LogP contribution in [0.5, 0.6) is 0 Å². The summed E-state index contributed by atoms with van der Waals surface area (Å²) in [5, 5.41) is 11.1. The van der Waals surface area contributed by atoms with Gasteiger partial charge in [0.05, 0.1) is 12.6 Å². The lowest BCUT2D eigenvalue weighted by atomic mass is 9.99. The topological polar surface area (TPSA) is 31.2 Å². The van der Waals surface area contributed by atoms with Crippen molar-refractivity contribution >= 4 is 0 Å². The summed E-state index contributed by atoms with van der Waals surface area (Å²) in [6.45, 7) is 20.3. The third-order valence-electron chi connectivity index (χ3n) is 4.88. The Hall–Kier alpha value is -2.36. The van der Waals surface area contributed by atoms with Crippen LogP contribution in [0.4, 0.5) is 0 Å². The fourth-order valence-corrected chi connectivity index (χ4v) is 3.45. The van der Waals surface area contributed by atoms with Crippen LogP contribution in [0.25, 0.3) is 0 Å². The molecule has 0 saturated heterocycles. The van der Waals surface area contributed by atoms with E-state index in [1.165, 1.54) is 11.1 Å². The lowest BCUT2D eigenvalue weighted by Gasteiger charge is -2.33. The molecule has 0 spiro atoms. The number of fused-ring (bicyclic) bond motifs is 1. The Morgan fingerprint density at radius 3 is 2.35 bits per heavy atom. The Balaban J connectivity index is 2.66. The van der Waals surface area contributed by atoms with Gasteiger partial charge >= 0.3 is 0 Å². The standard InChI is InChI=1S/C22H32N4/c1-8-19-14-23-24-26(17(5)6)18(7)21-13-11-10-12-20(21)15-25(16(3)4)22(19)9-2/h8-13,16-18H,1-2,14-15H2,3-7H3/b22-19-,24-23-. The molecule has 0 amide bonds. The fourth-order valence-electron chi connectivity index (χ4n) is 3.45. The van der Waals surface area contributed by atoms with E-state index in [9.17, 15) is 0 Å². The Morgan fingerprint density at radius 2 is 1.77 bits per heavy atom. The SMILES string of the molecule is C=C/C1=C(\C=C)N(C(C)C)Cc2ccccc2C(C)N(C(C)C)/N=N\C1. The second kappa shape index (κ2) is 8.84. The van der Waals surface area contributed by atoms with Crippen molar-refractivity contribution in [2.75, 3.05) is 6.54 Å². The van der Waals surface area contributed by atoms with E-state index in [1.807, 2.05) is 12.2 Å². The Kier molecular flexibility index (Phi) is 6.78. The van der Waals surface area contributed by atoms with Gasteiger partial charge in [-0.1, -0.05) is 48.7 Å². The van der Waals surface area contributed by atoms with Crippen molar-refractivity contribution in [3.05, 3.63) is 72.0 Å². The van der Waals surface area contributed by atoms with Gasteiger partial charge in [0.15, 0.2) is 0 Å². The predicted molar refractivity (Wildman–Crippen MR) is 110 cm³/mol. The van der Waals surface area contributed by atoms with Gasteiger partial charge < -0.3 is 4.90 Å². The minimum absolute atomic E-state index is 0.154. The van der Waals surface area contributed by atoms with Gasteiger partial charge in [-0.25, -0.2) is 0 Å². The molecule has 140 valence electrons. The maximum absolute atomic E-state index is 4.57. The van der Waals surface area contributed by atoms with E-state index in [1.54, 1.807) is 0 Å². The molecular weight excluding hydrogens is 320 g/mol. The number of allylic oxidation sites excluding steroid dienone is 1. The van der Waals surface area contributed by atoms with E-state index in [-0.39, 0.29) is 12.1 Å². The zero-order valence-corrected chi connectivity index (χ0v) is 16.8. The molecule has 0 fully saturated rings. The molecule has 4 heteroatoms. The third-order valence-corrected chi connectivity index (χ3v) is 4.88. The van der Waals surface area contributed by atoms with Gasteiger partial charge in [0.2, 0.25) is 0 Å². The second-order valence-corrected chi connectivity index (χ2v) is 7.28. The zero-order chi connectivity index (χ0) is 19.3. The van der Waals surface area contributed by atoms with Crippen molar-refractivity contribution < 1.29 is 0 Å². The summed E-state index contributed by atoms with van der Waals surface area (Å²) in [6, 6.07) is 9.37. The highest BCUT2D eigenvalue weighted by Gasteiger charge is 2.23. The van der Waals surface area contributed by atoms with Gasteiger partial charge in [-0.05, 0) is 57.4 Å². The van der Waals surface area contributed by atoms with Crippen LogP contribution in [0.1, 0.15) is 51.8 Å². The van der Waals surface area contributed by atoms with Crippen LogP contribution in [-0.4, -0.2) is 28.5 Å². The quantitative estimate of drug-likeness (QED) is 0.698. The van der Waals surface area contributed by atoms with E-state index in [2.05, 4.69) is 92.3 Å². The summed E-state index contributed by atoms with van der Waals surface area (Å²) in [4.78, 5) is 2.37. The van der Waals surface area contributed by atoms with Crippen molar-refractivity contribution in [2.45, 2.75) is 59.3 Å². The largest absolute Gasteiger partial charge is 0.365 e. The number of rotatable bonds is 4. The second-order valence-electron chi connectivity index (χ2n) is 7.28. The molecule has 2 rings (SSSR count). The predicted octanol–water partition coefficient (Wildman–Crippen LogP) is 5.68. The molecule has 1 atom stereocenters. The Bertz CT molecular complexity index is 700. The van der Waals surface area contributed by atoms with Crippen molar-refractivity contribution in [1.82, 2.24) is 9.91 Å². The fraction of sp³-hybridized carbons (Fsp3) is 0.455. The van der Waals surface area contributed by atoms with Crippen LogP contribution in [-0.2, 0) is 6.54 Å². The highest BCUT2D eigenvalue weighted by molar-refractivity contribution is 5.35. The van der Waals surface area contributed by atoms with E-state index >= 15 is 0 Å². The van der Waals surface area contributed by atoms with Gasteiger partial charge in [0.1, 0.15) is 0 Å². The van der Waals surface area contributed by atoms with E-state index in [4.69, 9.17) is 0 Å². The van der Waals surface area contributed by atoms with Crippen LogP contribution in [0.2, 0.25) is 0 Å². The maximum atomic E-state index is 4.57. The third kappa shape index (κ3) is 4.24. The molecule has 4 nitrogen and oxygen atoms in total. The first kappa shape index (κ1) is 20.0. The van der Waals surface area contributed by atoms with Gasteiger partial charge in [-0.2, -0.15) is 5.11 Å². The van der Waals surface area contributed by atoms with Gasteiger partial charge in [0.25, 0.3) is 0 Å². The molecule has 1 aliphatic heterocycles. The van der Waals surface area contributed by atoms with Gasteiger partial charge in [0, 0.05) is 24.3 Å². The van der Waals surface area contributed by atoms with E-state index in [0.717, 1.165) is 17.8 Å². The molecule has 0 saturated carbocycles. The molecule has 1 aliphatic rings. The zero-order valence-electron chi connectivity index (χ0n) is 16.8. The average Bonchev–Trinajstić information content (AvgIpc) is 2.64. The lowest BCUT2D eigenvalue weighted by molar-refractivity contribution is 0.155. The first-order valence-corrected chi connectivity index (χ1v) is 9.38. The summed E-state index contributed by atoms with van der Waals surface area (Å²) in [5.74, 6) is 0. The molecule has 0 radical (unpaired) electrons. The molecule has 1 aromatic carbocycles. The van der Waals surface area contributed by atoms with Crippen LogP contribution in [0.15, 0.2) is 71.2 Å². The molecular formula is C22H32N4. The molecule has 1 heterocycles. The minimum Gasteiger partial charge on any atom is -0.365 e. The van der Waals surface area contributed by atoms with Gasteiger partial charge in [-0.3, -0.25) is 5.01 Å². The molecule has 1 aromatic rings. The molecule has 1 unspecified atom stereocenters. The average molecular weight is 353 g/mol. The lowest BCUT2D eigenvalue weighted by Crippen LogP contribution is -2.32. The Labute approximate surface area is 158 Å². The normalized spacial score (nSPS) is 22.8. The first-order chi connectivity index (χ1) is 12.4. The monoisotopic (exact) mass is 352 g/mol. The Morgan fingerprint density at radius 1 is 1.08 bits per heavy atom. The van der Waals surface area contributed by atoms with Crippen LogP contribution < -0.4 is 0 Å². The molecule has 0 aromatic heterocycles. The van der Waals surface area contributed by atoms with E-state index in [0.29, 0.717) is 12.6 Å². The van der Waals surface area contributed by atoms with Crippen molar-refractivity contribution in [2.24, 2.45) is 10.3 Å². The first-order valence-electron chi connectivity index (χ1n) is 9.38. The van der Waals surface area contributed by atoms with Crippen LogP contribution in [0.3, 0.4) is 0 Å². The maximum Gasteiger partial charge on any atom is 0.0890 e. The number of hydrogen-bond donors (Lipinski definition) is 0. The molecule has 0 aliphatic carbocycles. The molecule has 26 heavy (non-hydrogen) atoms. The highest BCUT2D eigenvalue weighted by atomic mass is 15.6. The van der Waals surface area contributed by atoms with Crippen LogP contribution in [0, 0.1) is 0 Å². The summed E-state index contributed by atoms with van der Waals surface area (Å²) in [5.41, 5.74) is 4.72. The van der Waals surface area contributed by atoms with Gasteiger partial charge in [-0.15, -0.1) is 0 Å². The summed E-state index contributed by atoms with van der Waals surface area (Å²) < 4.78 is 0. The highest BCUT2D eigenvalue weighted by Crippen LogP contribution is 2.30. The number of benzene rings is 1. The number of hydrogen-bond acceptors (Lipinski definition) is 4. The van der Waals surface area contributed by atoms with Crippen LogP contribution >= 0.6 is 0 Å². The van der Waals surface area contributed by atoms with Crippen molar-refractivity contribution in [3.8, 4) is 0 Å². The number of nitrogens with zero attached hydrogens (tertiary/aromatic N) is 4. The smallest absolute Gasteiger partial charge is 0.0890 e. The van der Waals surface area contributed by atoms with Crippen molar-refractivity contribution in [1.29, 1.82) is 0 Å². The van der Waals surface area contributed by atoms with Crippen molar-refractivity contribution in [3.63, 3.8) is 0 Å². The minimum atomic E-state index is 0.154. The summed E-state index contributed by atoms with van der Waals surface area (Å²) in [6.07, 6.45) is 3.79. The summed E-state index contributed by atoms with van der Waals surface area (Å²) in [7, 11) is 0.